The molecule has 0 aromatic heterocycles. The van der Waals surface area contributed by atoms with Crippen molar-refractivity contribution in [3.8, 4) is 0 Å². The average Bonchev–Trinajstić information content (AvgIpc) is 1.21. The van der Waals surface area contributed by atoms with Crippen LogP contribution in [0.3, 0.4) is 0 Å². The highest BCUT2D eigenvalue weighted by Gasteiger charge is 2.72. The molecule has 0 radical (unpaired) electrons. The van der Waals surface area contributed by atoms with Crippen molar-refractivity contribution in [2.24, 2.45) is 45.3 Å². The molecule has 4 saturated carbocycles. The van der Waals surface area contributed by atoms with Crippen LogP contribution in [0.4, 0.5) is 0 Å². The Hall–Kier alpha value is -1.30. The van der Waals surface area contributed by atoms with Gasteiger partial charge in [-0.1, -0.05) is 46.3 Å². The number of aliphatic hydroxyl groups excluding tert-OH is 16. The summed E-state index contributed by atoms with van der Waals surface area (Å²) < 4.78 is 60.7. The average molecular weight is 1210 g/mol. The van der Waals surface area contributed by atoms with Crippen molar-refractivity contribution in [3.05, 3.63) is 11.6 Å². The zero-order valence-corrected chi connectivity index (χ0v) is 49.5. The van der Waals surface area contributed by atoms with E-state index in [0.29, 0.717) is 38.5 Å². The lowest BCUT2D eigenvalue weighted by molar-refractivity contribution is -0.386. The third-order valence-corrected chi connectivity index (χ3v) is 22.3. The molecule has 4 aliphatic carbocycles. The number of ether oxygens (including phenoxy) is 10. The Morgan fingerprint density at radius 3 is 1.71 bits per heavy atom. The van der Waals surface area contributed by atoms with Gasteiger partial charge >= 0.3 is 0 Å². The van der Waals surface area contributed by atoms with Gasteiger partial charge in [-0.05, 0) is 124 Å². The predicted molar refractivity (Wildman–Crippen MR) is 287 cm³/mol. The third kappa shape index (κ3) is 11.9. The second-order valence-electron chi connectivity index (χ2n) is 27.6. The molecule has 0 aromatic carbocycles. The van der Waals surface area contributed by atoms with Crippen molar-refractivity contribution in [1.29, 1.82) is 0 Å². The highest BCUT2D eigenvalue weighted by Crippen LogP contribution is 2.76. The summed E-state index contributed by atoms with van der Waals surface area (Å²) >= 11 is 0. The number of allylic oxidation sites excluding steroid dienone is 2. The van der Waals surface area contributed by atoms with Crippen LogP contribution in [-0.4, -0.2) is 274 Å². The van der Waals surface area contributed by atoms with Crippen molar-refractivity contribution in [2.75, 3.05) is 33.0 Å². The summed E-state index contributed by atoms with van der Waals surface area (Å²) in [4.78, 5) is 0. The minimum atomic E-state index is -1.81. The van der Waals surface area contributed by atoms with E-state index >= 15 is 0 Å². The first-order valence-electron chi connectivity index (χ1n) is 30.2. The predicted octanol–water partition coefficient (Wildman–Crippen LogP) is -3.10. The van der Waals surface area contributed by atoms with Gasteiger partial charge in [-0.15, -0.1) is 0 Å². The Morgan fingerprint density at radius 2 is 1.07 bits per heavy atom. The van der Waals surface area contributed by atoms with E-state index in [1.807, 2.05) is 20.8 Å². The number of aliphatic hydroxyl groups is 16. The lowest BCUT2D eigenvalue weighted by Gasteiger charge is -2.71. The molecule has 16 N–H and O–H groups in total. The van der Waals surface area contributed by atoms with Crippen LogP contribution < -0.4 is 0 Å². The number of hydrogen-bond donors (Lipinski definition) is 16. The molecule has 26 nitrogen and oxygen atoms in total. The summed E-state index contributed by atoms with van der Waals surface area (Å²) in [5.74, 6) is -0.585. The molecule has 9 rings (SSSR count). The van der Waals surface area contributed by atoms with E-state index in [1.165, 1.54) is 0 Å². The Morgan fingerprint density at radius 1 is 0.524 bits per heavy atom. The van der Waals surface area contributed by atoms with E-state index in [1.54, 1.807) is 0 Å². The van der Waals surface area contributed by atoms with E-state index in [2.05, 4.69) is 40.7 Å². The molecule has 0 spiro atoms. The number of fused-ring (bicyclic) bond motifs is 5. The van der Waals surface area contributed by atoms with Gasteiger partial charge in [0.15, 0.2) is 31.5 Å². The van der Waals surface area contributed by atoms with E-state index in [9.17, 15) is 81.7 Å². The first kappa shape index (κ1) is 67.1. The molecular formula is C58H98O26. The monoisotopic (exact) mass is 1210 g/mol. The van der Waals surface area contributed by atoms with Gasteiger partial charge in [-0.2, -0.15) is 0 Å². The Bertz CT molecular complexity index is 2210. The molecule has 84 heavy (non-hydrogen) atoms. The summed E-state index contributed by atoms with van der Waals surface area (Å²) in [7, 11) is 0. The fourth-order valence-electron chi connectivity index (χ4n) is 17.2. The molecule has 486 valence electrons. The molecule has 33 atom stereocenters. The van der Waals surface area contributed by atoms with Crippen molar-refractivity contribution in [2.45, 2.75) is 272 Å². The second kappa shape index (κ2) is 25.8. The first-order chi connectivity index (χ1) is 39.4. The van der Waals surface area contributed by atoms with Crippen LogP contribution in [-0.2, 0) is 47.4 Å². The minimum absolute atomic E-state index is 0.0110. The van der Waals surface area contributed by atoms with Crippen LogP contribution in [0.2, 0.25) is 0 Å². The van der Waals surface area contributed by atoms with Gasteiger partial charge in [0, 0.05) is 0 Å². The van der Waals surface area contributed by atoms with Gasteiger partial charge in [0.05, 0.1) is 50.8 Å². The Balaban J connectivity index is 0.918. The molecule has 9 fully saturated rings. The molecule has 0 bridgehead atoms. The van der Waals surface area contributed by atoms with Crippen LogP contribution in [0, 0.1) is 45.3 Å². The quantitative estimate of drug-likeness (QED) is 0.0605. The van der Waals surface area contributed by atoms with Gasteiger partial charge in [0.1, 0.15) is 110 Å². The van der Waals surface area contributed by atoms with E-state index in [0.717, 1.165) is 24.8 Å². The summed E-state index contributed by atoms with van der Waals surface area (Å²) in [6, 6.07) is 0. The van der Waals surface area contributed by atoms with Gasteiger partial charge in [0.2, 0.25) is 0 Å². The highest BCUT2D eigenvalue weighted by molar-refractivity contribution is 5.21. The van der Waals surface area contributed by atoms with Crippen molar-refractivity contribution in [3.63, 3.8) is 0 Å². The zero-order chi connectivity index (χ0) is 61.5. The van der Waals surface area contributed by atoms with Crippen molar-refractivity contribution < 1.29 is 129 Å². The largest absolute Gasteiger partial charge is 0.394 e. The topological polar surface area (TPSA) is 416 Å². The second-order valence-corrected chi connectivity index (χ2v) is 27.6. The smallest absolute Gasteiger partial charge is 0.190 e. The zero-order valence-electron chi connectivity index (χ0n) is 49.5. The molecule has 5 heterocycles. The van der Waals surface area contributed by atoms with E-state index in [4.69, 9.17) is 47.4 Å². The van der Waals surface area contributed by atoms with Crippen LogP contribution in [0.5, 0.6) is 0 Å². The van der Waals surface area contributed by atoms with E-state index < -0.39 is 203 Å². The van der Waals surface area contributed by atoms with Crippen molar-refractivity contribution >= 4 is 0 Å². The first-order valence-corrected chi connectivity index (χ1v) is 30.2. The fourth-order valence-corrected chi connectivity index (χ4v) is 17.2. The number of rotatable bonds is 18. The Kier molecular flexibility index (Phi) is 20.6. The van der Waals surface area contributed by atoms with Crippen LogP contribution >= 0.6 is 0 Å². The maximum atomic E-state index is 12.9. The highest BCUT2D eigenvalue weighted by atomic mass is 16.8. The summed E-state index contributed by atoms with van der Waals surface area (Å²) in [5, 5.41) is 174. The lowest BCUT2D eigenvalue weighted by Crippen LogP contribution is -2.68. The van der Waals surface area contributed by atoms with Gasteiger partial charge in [-0.25, -0.2) is 0 Å². The standard InChI is InChI=1S/C58H98O26/c1-24(2)10-9-14-58(8,84-51-46(74)42(70)39(67)31(80-51)23-76-52-47(40(68)30(21-61)78-52)82-49-44(72)36(64)27(63)22-75-49)25-11-16-57(7)35(25)26(62)18-33-55(5)15-13-34(54(3,4)32(55)12-17-56(33,57)6)81-48-43(71)38(66)29(20-60)79-53(48)83-50-45(73)41(69)37(65)28(19-59)77-50/h10,25-53,59-74H,9,11-23H2,1-8H3. The summed E-state index contributed by atoms with van der Waals surface area (Å²) in [5.41, 5.74) is -1.76. The fraction of sp³-hybridized carbons (Fsp3) is 0.966. The van der Waals surface area contributed by atoms with Gasteiger partial charge in [0.25, 0.3) is 0 Å². The molecule has 5 saturated heterocycles. The maximum Gasteiger partial charge on any atom is 0.190 e. The van der Waals surface area contributed by atoms with Crippen molar-refractivity contribution in [1.82, 2.24) is 0 Å². The van der Waals surface area contributed by atoms with E-state index in [-0.39, 0.29) is 34.5 Å². The SMILES string of the molecule is CC(C)=CCCC(C)(OC1OC(COC2OC(CO)C(O)C2OC2OCC(O)C(O)C2O)C(O)C(O)C1O)C1CCC2(C)C1C(O)CC1C3(C)CCC(OC4C(OC5OC(CO)C(O)C(O)C5O)OC(CO)C(O)C4O)C(C)(C)C3CCC12C. The minimum Gasteiger partial charge on any atom is -0.394 e. The maximum absolute atomic E-state index is 12.9. The summed E-state index contributed by atoms with van der Waals surface area (Å²) in [6.07, 6.45) is -29.7. The third-order valence-electron chi connectivity index (χ3n) is 22.3. The molecular weight excluding hydrogens is 1110 g/mol. The molecule has 0 aromatic rings. The Labute approximate surface area is 490 Å². The molecule has 9 aliphatic rings. The lowest BCUT2D eigenvalue weighted by atomic mass is 9.35. The molecule has 26 heteroatoms. The normalized spacial score (nSPS) is 52.9. The van der Waals surface area contributed by atoms with Gasteiger partial charge in [-0.3, -0.25) is 0 Å². The molecule has 5 aliphatic heterocycles. The van der Waals surface area contributed by atoms with Crippen LogP contribution in [0.15, 0.2) is 11.6 Å². The number of hydrogen-bond acceptors (Lipinski definition) is 26. The van der Waals surface area contributed by atoms with Crippen LogP contribution in [0.25, 0.3) is 0 Å². The molecule has 0 amide bonds. The van der Waals surface area contributed by atoms with Gasteiger partial charge < -0.3 is 129 Å². The molecule has 33 unspecified atom stereocenters. The van der Waals surface area contributed by atoms with Crippen LogP contribution in [0.1, 0.15) is 113 Å². The summed E-state index contributed by atoms with van der Waals surface area (Å²) in [6.45, 7) is 14.1.